The van der Waals surface area contributed by atoms with Gasteiger partial charge in [0.15, 0.2) is 11.6 Å². The molecule has 4 heterocycles. The van der Waals surface area contributed by atoms with Gasteiger partial charge in [0, 0.05) is 60.7 Å². The second-order valence-electron chi connectivity index (χ2n) is 8.57. The number of nitrogen functional groups attached to an aromatic ring is 1. The Morgan fingerprint density at radius 3 is 2.69 bits per heavy atom. The maximum atomic E-state index is 14.7. The number of nitrogens with two attached hydrogens (primary N) is 1. The largest absolute Gasteiger partial charge is 0.487 e. The van der Waals surface area contributed by atoms with Crippen LogP contribution in [0.4, 0.5) is 20.3 Å². The molecule has 32 heavy (non-hydrogen) atoms. The van der Waals surface area contributed by atoms with Gasteiger partial charge in [0.05, 0.1) is 10.9 Å². The average molecular weight is 531 g/mol. The summed E-state index contributed by atoms with van der Waals surface area (Å²) in [6.45, 7) is 2.31. The second kappa shape index (κ2) is 8.89. The molecule has 172 valence electrons. The number of ether oxygens (including phenoxy) is 1. The number of nitrogens with one attached hydrogen (secondary N) is 2. The van der Waals surface area contributed by atoms with Gasteiger partial charge in [-0.3, -0.25) is 5.32 Å². The number of hydrogen-bond acceptors (Lipinski definition) is 6. The summed E-state index contributed by atoms with van der Waals surface area (Å²) in [5, 5.41) is 11.5. The summed E-state index contributed by atoms with van der Waals surface area (Å²) in [5.41, 5.74) is 6.59. The van der Waals surface area contributed by atoms with Gasteiger partial charge in [-0.1, -0.05) is 4.68 Å². The number of rotatable bonds is 4. The van der Waals surface area contributed by atoms with Crippen molar-refractivity contribution in [3.63, 3.8) is 0 Å². The van der Waals surface area contributed by atoms with Gasteiger partial charge in [0.2, 0.25) is 17.8 Å². The normalized spacial score (nSPS) is 27.6. The Labute approximate surface area is 198 Å². The molecule has 4 atom stereocenters. The minimum atomic E-state index is -0.956. The Morgan fingerprint density at radius 2 is 1.94 bits per heavy atom. The van der Waals surface area contributed by atoms with Gasteiger partial charge in [0.25, 0.3) is 0 Å². The highest BCUT2D eigenvalue weighted by atomic mass is 79.9. The number of nitrogens with zero attached hydrogens (tertiary/aromatic N) is 3. The topological polar surface area (TPSA) is 79.3 Å². The van der Waals surface area contributed by atoms with Crippen molar-refractivity contribution in [1.29, 1.82) is 0 Å². The Morgan fingerprint density at radius 1 is 1.19 bits per heavy atom. The molecule has 4 N–H and O–H groups in total. The number of piperazine rings is 1. The van der Waals surface area contributed by atoms with Crippen LogP contribution in [0.1, 0.15) is 31.8 Å². The van der Waals surface area contributed by atoms with Crippen molar-refractivity contribution in [2.75, 3.05) is 30.3 Å². The molecular formula is C21H25BrClF2N6O+. The summed E-state index contributed by atoms with van der Waals surface area (Å²) in [6.07, 6.45) is 2.60. The van der Waals surface area contributed by atoms with Gasteiger partial charge in [-0.2, -0.15) is 4.39 Å². The lowest BCUT2D eigenvalue weighted by atomic mass is 10.1. The van der Waals surface area contributed by atoms with E-state index >= 15 is 0 Å². The first-order valence-corrected chi connectivity index (χ1v) is 12.0. The summed E-state index contributed by atoms with van der Waals surface area (Å²) in [7, 11) is 0. The van der Waals surface area contributed by atoms with E-state index in [4.69, 9.17) is 22.1 Å². The lowest BCUT2D eigenvalue weighted by Gasteiger charge is -2.37. The summed E-state index contributed by atoms with van der Waals surface area (Å²) in [4.78, 5) is 2.21. The van der Waals surface area contributed by atoms with E-state index in [1.165, 1.54) is 6.07 Å². The van der Waals surface area contributed by atoms with Crippen LogP contribution in [-0.4, -0.2) is 42.9 Å². The number of benzene rings is 1. The first-order chi connectivity index (χ1) is 15.4. The number of hydrogen-bond donors (Lipinski definition) is 3. The van der Waals surface area contributed by atoms with Gasteiger partial charge >= 0.3 is 5.15 Å². The van der Waals surface area contributed by atoms with Crippen LogP contribution in [0.25, 0.3) is 0 Å². The van der Waals surface area contributed by atoms with Crippen molar-refractivity contribution >= 4 is 39.0 Å². The molecule has 0 aliphatic carbocycles. The van der Waals surface area contributed by atoms with Crippen molar-refractivity contribution in [2.24, 2.45) is 0 Å². The van der Waals surface area contributed by atoms with Crippen LogP contribution in [0, 0.1) is 11.6 Å². The van der Waals surface area contributed by atoms with Crippen LogP contribution in [0.5, 0.6) is 5.75 Å². The number of fused-ring (bicyclic) bond motifs is 2. The van der Waals surface area contributed by atoms with Gasteiger partial charge in [-0.15, -0.1) is 0 Å². The molecule has 2 bridgehead atoms. The average Bonchev–Trinajstić information content (AvgIpc) is 3.02. The van der Waals surface area contributed by atoms with E-state index in [1.807, 2.05) is 0 Å². The first kappa shape index (κ1) is 22.1. The molecule has 7 nitrogen and oxygen atoms in total. The number of piperidine rings is 1. The molecule has 2 aromatic rings. The molecule has 0 spiro atoms. The zero-order valence-electron chi connectivity index (χ0n) is 17.3. The molecule has 0 amide bonds. The van der Waals surface area contributed by atoms with Crippen molar-refractivity contribution in [3.8, 4) is 5.75 Å². The van der Waals surface area contributed by atoms with E-state index < -0.39 is 11.6 Å². The van der Waals surface area contributed by atoms with Gasteiger partial charge in [-0.25, -0.2) is 4.39 Å². The molecular weight excluding hydrogens is 506 g/mol. The third-order valence-corrected chi connectivity index (χ3v) is 7.42. The van der Waals surface area contributed by atoms with E-state index in [1.54, 1.807) is 16.8 Å². The van der Waals surface area contributed by atoms with Gasteiger partial charge in [0.1, 0.15) is 6.10 Å². The van der Waals surface area contributed by atoms with E-state index in [2.05, 4.69) is 36.6 Å². The molecule has 3 saturated heterocycles. The molecule has 1 aromatic heterocycles. The molecule has 3 fully saturated rings. The number of aromatic nitrogens is 2. The third kappa shape index (κ3) is 4.13. The summed E-state index contributed by atoms with van der Waals surface area (Å²) < 4.78 is 37.4. The van der Waals surface area contributed by atoms with Crippen LogP contribution < -0.4 is 30.7 Å². The molecule has 3 aliphatic heterocycles. The quantitative estimate of drug-likeness (QED) is 0.528. The van der Waals surface area contributed by atoms with Crippen LogP contribution in [0.2, 0.25) is 5.15 Å². The van der Waals surface area contributed by atoms with Gasteiger partial charge < -0.3 is 20.7 Å². The Bertz CT molecular complexity index is 1010. The Hall–Kier alpha value is -1.75. The highest BCUT2D eigenvalue weighted by Gasteiger charge is 2.38. The molecule has 1 aromatic carbocycles. The zero-order valence-corrected chi connectivity index (χ0v) is 19.7. The highest BCUT2D eigenvalue weighted by molar-refractivity contribution is 9.10. The second-order valence-corrected chi connectivity index (χ2v) is 9.81. The smallest absolute Gasteiger partial charge is 0.303 e. The summed E-state index contributed by atoms with van der Waals surface area (Å²) in [5.74, 6) is -1.59. The summed E-state index contributed by atoms with van der Waals surface area (Å²) >= 11 is 9.65. The number of anilines is 2. The van der Waals surface area contributed by atoms with Crippen LogP contribution in [0.15, 0.2) is 22.7 Å². The SMILES string of the molecule is Nc1n[n+](C2CC(Oc3cc(N4[C@@H]5CC[C@H]4CNC5)cc(F)c3F)CCN2)c(Cl)cc1Br. The molecule has 0 saturated carbocycles. The minimum absolute atomic E-state index is 0.0528. The molecule has 3 aliphatic rings. The monoisotopic (exact) mass is 529 g/mol. The number of halogens is 4. The maximum Gasteiger partial charge on any atom is 0.303 e. The van der Waals surface area contributed by atoms with E-state index in [9.17, 15) is 8.78 Å². The van der Waals surface area contributed by atoms with E-state index in [-0.39, 0.29) is 18.0 Å². The van der Waals surface area contributed by atoms with Gasteiger partial charge in [-0.05, 0) is 46.8 Å². The fourth-order valence-corrected chi connectivity index (χ4v) is 5.69. The van der Waals surface area contributed by atoms with Crippen LogP contribution >= 0.6 is 27.5 Å². The highest BCUT2D eigenvalue weighted by Crippen LogP contribution is 2.37. The van der Waals surface area contributed by atoms with Crippen molar-refractivity contribution in [1.82, 2.24) is 15.7 Å². The molecule has 2 unspecified atom stereocenters. The standard InChI is InChI=1S/C21H25BrClF2N6O/c22-15-8-18(23)31(29-21(15)26)19-7-14(3-4-28-19)32-17-6-13(5-16(24)20(17)25)30-11-1-2-12(30)10-27-9-11/h5-6,8,11-12,14,19,27-28H,1-4,7,9-10H2,(H2,26,29)/q+1/t11-,12+,14?,19?. The van der Waals surface area contributed by atoms with Crippen molar-refractivity contribution < 1.29 is 18.2 Å². The predicted octanol–water partition coefficient (Wildman–Crippen LogP) is 2.92. The molecule has 5 rings (SSSR count). The first-order valence-electron chi connectivity index (χ1n) is 10.8. The van der Waals surface area contributed by atoms with E-state index in [0.717, 1.165) is 25.9 Å². The fraction of sp³-hybridized carbons (Fsp3) is 0.524. The van der Waals surface area contributed by atoms with Crippen molar-refractivity contribution in [3.05, 3.63) is 39.5 Å². The maximum absolute atomic E-state index is 14.7. The molecule has 0 radical (unpaired) electrons. The Balaban J connectivity index is 1.37. The summed E-state index contributed by atoms with van der Waals surface area (Å²) in [6, 6.07) is 5.19. The van der Waals surface area contributed by atoms with Crippen molar-refractivity contribution in [2.45, 2.75) is 50.0 Å². The fourth-order valence-electron chi connectivity index (χ4n) is 4.99. The predicted molar refractivity (Wildman–Crippen MR) is 121 cm³/mol. The molecule has 11 heteroatoms. The third-order valence-electron chi connectivity index (χ3n) is 6.50. The zero-order chi connectivity index (χ0) is 22.4. The minimum Gasteiger partial charge on any atom is -0.487 e. The van der Waals surface area contributed by atoms with Crippen LogP contribution in [-0.2, 0) is 0 Å². The lowest BCUT2D eigenvalue weighted by Crippen LogP contribution is -2.56. The van der Waals surface area contributed by atoms with Crippen LogP contribution in [0.3, 0.4) is 0 Å². The Kier molecular flexibility index (Phi) is 6.13. The lowest BCUT2D eigenvalue weighted by molar-refractivity contribution is -0.781. The van der Waals surface area contributed by atoms with E-state index in [0.29, 0.717) is 52.6 Å².